The monoisotopic (exact) mass is 287 g/mol. The van der Waals surface area contributed by atoms with Crippen LogP contribution < -0.4 is 0 Å². The Kier molecular flexibility index (Phi) is 3.24. The molecule has 1 aliphatic heterocycles. The first-order chi connectivity index (χ1) is 8.17. The van der Waals surface area contributed by atoms with Crippen molar-refractivity contribution in [3.05, 3.63) is 35.9 Å². The summed E-state index contributed by atoms with van der Waals surface area (Å²) >= 11 is 6.48. The van der Waals surface area contributed by atoms with Crippen LogP contribution in [0.1, 0.15) is 26.3 Å². The Hall–Kier alpha value is -0.580. The maximum atomic E-state index is 12.2. The van der Waals surface area contributed by atoms with E-state index in [0.717, 1.165) is 5.56 Å². The number of hydrogen-bond donors (Lipinski definition) is 0. The van der Waals surface area contributed by atoms with Crippen molar-refractivity contribution in [2.75, 3.05) is 13.1 Å². The predicted octanol–water partition coefficient (Wildman–Crippen LogP) is 2.56. The lowest BCUT2D eigenvalue weighted by atomic mass is 9.93. The van der Waals surface area contributed by atoms with Crippen LogP contribution in [-0.2, 0) is 14.9 Å². The normalized spacial score (nSPS) is 20.4. The average molecular weight is 288 g/mol. The topological polar surface area (TPSA) is 37.4 Å². The van der Waals surface area contributed by atoms with Crippen molar-refractivity contribution in [1.82, 2.24) is 4.31 Å². The third-order valence-corrected chi connectivity index (χ3v) is 6.20. The number of halogens is 1. The van der Waals surface area contributed by atoms with Crippen molar-refractivity contribution >= 4 is 21.6 Å². The molecule has 2 rings (SSSR count). The highest BCUT2D eigenvalue weighted by Crippen LogP contribution is 2.41. The van der Waals surface area contributed by atoms with Gasteiger partial charge in [0.2, 0.25) is 10.0 Å². The lowest BCUT2D eigenvalue weighted by Crippen LogP contribution is -2.61. The van der Waals surface area contributed by atoms with Crippen LogP contribution in [0.5, 0.6) is 0 Å². The van der Waals surface area contributed by atoms with Gasteiger partial charge in [-0.05, 0) is 26.3 Å². The van der Waals surface area contributed by atoms with E-state index >= 15 is 0 Å². The highest BCUT2D eigenvalue weighted by Gasteiger charge is 2.50. The van der Waals surface area contributed by atoms with Gasteiger partial charge in [-0.2, -0.15) is 4.31 Å². The van der Waals surface area contributed by atoms with E-state index in [1.807, 2.05) is 30.3 Å². The second kappa shape index (κ2) is 4.22. The summed E-state index contributed by atoms with van der Waals surface area (Å²) in [6.07, 6.45) is 0. The van der Waals surface area contributed by atoms with Gasteiger partial charge < -0.3 is 0 Å². The van der Waals surface area contributed by atoms with E-state index in [4.69, 9.17) is 11.6 Å². The fourth-order valence-electron chi connectivity index (χ4n) is 1.99. The zero-order valence-corrected chi connectivity index (χ0v) is 12.4. The molecule has 1 aromatic rings. The maximum Gasteiger partial charge on any atom is 0.219 e. The van der Waals surface area contributed by atoms with Crippen molar-refractivity contribution in [2.45, 2.75) is 30.4 Å². The molecule has 5 heteroatoms. The van der Waals surface area contributed by atoms with Crippen molar-refractivity contribution in [3.8, 4) is 0 Å². The van der Waals surface area contributed by atoms with E-state index in [0.29, 0.717) is 13.1 Å². The molecule has 100 valence electrons. The Morgan fingerprint density at radius 2 is 1.67 bits per heavy atom. The minimum atomic E-state index is -3.27. The van der Waals surface area contributed by atoms with Crippen LogP contribution >= 0.6 is 11.6 Å². The smallest absolute Gasteiger partial charge is 0.212 e. The van der Waals surface area contributed by atoms with Gasteiger partial charge in [-0.1, -0.05) is 30.3 Å². The molecule has 0 aromatic heterocycles. The van der Waals surface area contributed by atoms with Crippen molar-refractivity contribution in [2.24, 2.45) is 0 Å². The predicted molar refractivity (Wildman–Crippen MR) is 74.2 cm³/mol. The van der Waals surface area contributed by atoms with Gasteiger partial charge in [0.05, 0.1) is 9.62 Å². The third-order valence-electron chi connectivity index (χ3n) is 3.26. The van der Waals surface area contributed by atoms with E-state index in [-0.39, 0.29) is 0 Å². The number of nitrogens with zero attached hydrogens (tertiary/aromatic N) is 1. The first-order valence-corrected chi connectivity index (χ1v) is 7.73. The molecule has 3 nitrogen and oxygen atoms in total. The lowest BCUT2D eigenvalue weighted by Gasteiger charge is -2.47. The molecule has 0 spiro atoms. The first-order valence-electron chi connectivity index (χ1n) is 5.91. The Morgan fingerprint density at radius 3 is 2.11 bits per heavy atom. The molecule has 1 fully saturated rings. The van der Waals surface area contributed by atoms with Gasteiger partial charge in [0.1, 0.15) is 0 Å². The van der Waals surface area contributed by atoms with Crippen molar-refractivity contribution in [3.63, 3.8) is 0 Å². The van der Waals surface area contributed by atoms with Crippen LogP contribution in [0.25, 0.3) is 0 Å². The molecule has 18 heavy (non-hydrogen) atoms. The first kappa shape index (κ1) is 13.8. The summed E-state index contributed by atoms with van der Waals surface area (Å²) in [5.41, 5.74) is 0.979. The summed E-state index contributed by atoms with van der Waals surface area (Å²) in [7, 11) is -3.27. The molecule has 1 saturated heterocycles. The molecule has 0 atom stereocenters. The van der Waals surface area contributed by atoms with Gasteiger partial charge in [0.25, 0.3) is 0 Å². The highest BCUT2D eigenvalue weighted by molar-refractivity contribution is 7.90. The molecular formula is C13H18ClNO2S. The van der Waals surface area contributed by atoms with Crippen LogP contribution in [0.4, 0.5) is 0 Å². The fourth-order valence-corrected chi connectivity index (χ4v) is 4.10. The fraction of sp³-hybridized carbons (Fsp3) is 0.538. The summed E-state index contributed by atoms with van der Waals surface area (Å²) in [5.74, 6) is 0. The molecule has 0 bridgehead atoms. The maximum absolute atomic E-state index is 12.2. The van der Waals surface area contributed by atoms with Gasteiger partial charge in [-0.25, -0.2) is 8.42 Å². The third kappa shape index (κ3) is 2.17. The molecule has 0 amide bonds. The van der Waals surface area contributed by atoms with E-state index in [9.17, 15) is 8.42 Å². The lowest BCUT2D eigenvalue weighted by molar-refractivity contribution is 0.223. The number of rotatable bonds is 2. The summed E-state index contributed by atoms with van der Waals surface area (Å²) in [5, 5.41) is 0. The van der Waals surface area contributed by atoms with Crippen LogP contribution in [0.15, 0.2) is 30.3 Å². The summed E-state index contributed by atoms with van der Waals surface area (Å²) in [6, 6.07) is 9.63. The SMILES string of the molecule is CC(C)(C)S(=O)(=O)N1CC(Cl)(c2ccccc2)C1. The standard InChI is InChI=1S/C13H18ClNO2S/c1-12(2,3)18(16,17)15-9-13(14,10-15)11-7-5-4-6-8-11/h4-8H,9-10H2,1-3H3. The van der Waals surface area contributed by atoms with Crippen molar-refractivity contribution < 1.29 is 8.42 Å². The Bertz CT molecular complexity index is 528. The summed E-state index contributed by atoms with van der Waals surface area (Å²) in [6.45, 7) is 5.81. The molecule has 0 N–H and O–H groups in total. The van der Waals surface area contributed by atoms with Gasteiger partial charge >= 0.3 is 0 Å². The van der Waals surface area contributed by atoms with Crippen LogP contribution in [0, 0.1) is 0 Å². The Morgan fingerprint density at radius 1 is 1.17 bits per heavy atom. The molecule has 1 aromatic carbocycles. The van der Waals surface area contributed by atoms with E-state index in [2.05, 4.69) is 0 Å². The molecule has 0 radical (unpaired) electrons. The van der Waals surface area contributed by atoms with E-state index in [1.54, 1.807) is 20.8 Å². The summed E-state index contributed by atoms with van der Waals surface area (Å²) < 4.78 is 25.1. The van der Waals surface area contributed by atoms with Gasteiger partial charge in [-0.3, -0.25) is 0 Å². The molecule has 0 saturated carbocycles. The molecule has 0 unspecified atom stereocenters. The Labute approximate surface area is 114 Å². The van der Waals surface area contributed by atoms with E-state index < -0.39 is 19.6 Å². The molecule has 1 aliphatic rings. The number of sulfonamides is 1. The minimum absolute atomic E-state index is 0.345. The summed E-state index contributed by atoms with van der Waals surface area (Å²) in [4.78, 5) is -0.570. The minimum Gasteiger partial charge on any atom is -0.212 e. The Balaban J connectivity index is 2.16. The number of alkyl halides is 1. The second-order valence-electron chi connectivity index (χ2n) is 5.72. The zero-order chi connectivity index (χ0) is 13.6. The second-order valence-corrected chi connectivity index (χ2v) is 9.13. The quantitative estimate of drug-likeness (QED) is 0.784. The zero-order valence-electron chi connectivity index (χ0n) is 10.9. The molecule has 1 heterocycles. The van der Waals surface area contributed by atoms with Gasteiger partial charge in [-0.15, -0.1) is 11.6 Å². The van der Waals surface area contributed by atoms with Crippen LogP contribution in [0.2, 0.25) is 0 Å². The number of benzene rings is 1. The highest BCUT2D eigenvalue weighted by atomic mass is 35.5. The largest absolute Gasteiger partial charge is 0.219 e. The molecular weight excluding hydrogens is 270 g/mol. The number of hydrogen-bond acceptors (Lipinski definition) is 2. The van der Waals surface area contributed by atoms with Crippen LogP contribution in [-0.4, -0.2) is 30.6 Å². The van der Waals surface area contributed by atoms with Gasteiger partial charge in [0.15, 0.2) is 0 Å². The van der Waals surface area contributed by atoms with Gasteiger partial charge in [0, 0.05) is 13.1 Å². The van der Waals surface area contributed by atoms with Crippen molar-refractivity contribution in [1.29, 1.82) is 0 Å². The van der Waals surface area contributed by atoms with Crippen LogP contribution in [0.3, 0.4) is 0 Å². The molecule has 0 aliphatic carbocycles. The average Bonchev–Trinajstić information content (AvgIpc) is 2.24. The van der Waals surface area contributed by atoms with E-state index in [1.165, 1.54) is 4.31 Å².